The van der Waals surface area contributed by atoms with Crippen LogP contribution >= 0.6 is 22.6 Å². The van der Waals surface area contributed by atoms with Gasteiger partial charge in [-0.3, -0.25) is 9.59 Å². The summed E-state index contributed by atoms with van der Waals surface area (Å²) in [6.45, 7) is -0.711. The molecular formula is C15H19IN4O4S. The van der Waals surface area contributed by atoms with Crippen molar-refractivity contribution in [2.24, 2.45) is 5.10 Å². The largest absolute Gasteiger partial charge is 0.346 e. The zero-order valence-electron chi connectivity index (χ0n) is 13.4. The van der Waals surface area contributed by atoms with Crippen molar-refractivity contribution >= 4 is 50.1 Å². The van der Waals surface area contributed by atoms with Gasteiger partial charge in [0.15, 0.2) is 0 Å². The second-order valence-electron chi connectivity index (χ2n) is 5.48. The van der Waals surface area contributed by atoms with Crippen LogP contribution in [0.3, 0.4) is 0 Å². The van der Waals surface area contributed by atoms with E-state index >= 15 is 0 Å². The maximum atomic E-state index is 12.0. The maximum Gasteiger partial charge on any atom is 0.259 e. The molecule has 0 heterocycles. The molecule has 3 N–H and O–H groups in total. The molecule has 1 aliphatic carbocycles. The zero-order valence-corrected chi connectivity index (χ0v) is 16.4. The Morgan fingerprint density at radius 1 is 1.04 bits per heavy atom. The third-order valence-corrected chi connectivity index (χ3v) is 5.65. The Morgan fingerprint density at radius 2 is 1.68 bits per heavy atom. The fraction of sp³-hybridized carbons (Fsp3) is 0.400. The van der Waals surface area contributed by atoms with E-state index in [1.807, 2.05) is 0 Å². The Bertz CT molecular complexity index is 754. The first kappa shape index (κ1) is 19.8. The van der Waals surface area contributed by atoms with Crippen LogP contribution in [0.1, 0.15) is 25.7 Å². The van der Waals surface area contributed by atoms with E-state index < -0.39 is 28.4 Å². The van der Waals surface area contributed by atoms with Crippen LogP contribution in [0.15, 0.2) is 34.3 Å². The maximum absolute atomic E-state index is 12.0. The predicted molar refractivity (Wildman–Crippen MR) is 101 cm³/mol. The molecular weight excluding hydrogens is 459 g/mol. The monoisotopic (exact) mass is 478 g/mol. The van der Waals surface area contributed by atoms with Gasteiger partial charge in [-0.05, 0) is 72.5 Å². The Hall–Kier alpha value is -1.53. The average molecular weight is 478 g/mol. The summed E-state index contributed by atoms with van der Waals surface area (Å²) in [5.41, 5.74) is 3.33. The Balaban J connectivity index is 1.73. The summed E-state index contributed by atoms with van der Waals surface area (Å²) in [6, 6.07) is 6.23. The van der Waals surface area contributed by atoms with Crippen LogP contribution in [0.4, 0.5) is 0 Å². The fourth-order valence-corrected chi connectivity index (χ4v) is 3.52. The number of rotatable bonds is 7. The van der Waals surface area contributed by atoms with Gasteiger partial charge in [-0.1, -0.05) is 0 Å². The minimum atomic E-state index is -3.77. The van der Waals surface area contributed by atoms with Crippen LogP contribution in [0.25, 0.3) is 0 Å². The van der Waals surface area contributed by atoms with Crippen molar-refractivity contribution < 1.29 is 18.0 Å². The molecule has 2 amide bonds. The lowest BCUT2D eigenvalue weighted by Gasteiger charge is -2.07. The summed E-state index contributed by atoms with van der Waals surface area (Å²) in [5.74, 6) is -1.05. The first-order valence-electron chi connectivity index (χ1n) is 7.73. The molecule has 0 spiro atoms. The van der Waals surface area contributed by atoms with Crippen molar-refractivity contribution in [3.63, 3.8) is 0 Å². The van der Waals surface area contributed by atoms with E-state index in [9.17, 15) is 18.0 Å². The Labute approximate surface area is 160 Å². The molecule has 0 aliphatic heterocycles. The van der Waals surface area contributed by atoms with Crippen molar-refractivity contribution in [3.05, 3.63) is 27.8 Å². The molecule has 0 atom stereocenters. The van der Waals surface area contributed by atoms with Gasteiger partial charge < -0.3 is 5.32 Å². The van der Waals surface area contributed by atoms with Crippen LogP contribution in [0.5, 0.6) is 0 Å². The predicted octanol–water partition coefficient (Wildman–Crippen LogP) is 0.732. The summed E-state index contributed by atoms with van der Waals surface area (Å²) >= 11 is 2.07. The molecule has 10 heteroatoms. The van der Waals surface area contributed by atoms with Crippen molar-refractivity contribution in [1.82, 2.24) is 15.5 Å². The molecule has 1 saturated carbocycles. The third kappa shape index (κ3) is 6.71. The molecule has 0 saturated heterocycles. The van der Waals surface area contributed by atoms with E-state index in [0.29, 0.717) is 0 Å². The number of amides is 2. The number of nitrogens with one attached hydrogen (secondary N) is 3. The van der Waals surface area contributed by atoms with Gasteiger partial charge in [-0.25, -0.2) is 18.6 Å². The summed E-state index contributed by atoms with van der Waals surface area (Å²) in [4.78, 5) is 23.3. The number of sulfonamides is 1. The van der Waals surface area contributed by atoms with Gasteiger partial charge in [-0.2, -0.15) is 5.10 Å². The highest BCUT2D eigenvalue weighted by molar-refractivity contribution is 14.1. The molecule has 1 aliphatic rings. The van der Waals surface area contributed by atoms with Crippen LogP contribution in [0.2, 0.25) is 0 Å². The van der Waals surface area contributed by atoms with Crippen molar-refractivity contribution in [3.8, 4) is 0 Å². The van der Waals surface area contributed by atoms with E-state index in [4.69, 9.17) is 0 Å². The number of carbonyl (C=O) groups is 2. The molecule has 8 nitrogen and oxygen atoms in total. The normalized spacial score (nSPS) is 14.2. The van der Waals surface area contributed by atoms with Gasteiger partial charge in [0.2, 0.25) is 15.9 Å². The van der Waals surface area contributed by atoms with Gasteiger partial charge in [0, 0.05) is 9.28 Å². The molecule has 1 aromatic rings. The molecule has 136 valence electrons. The number of carbonyl (C=O) groups excluding carboxylic acids is 2. The molecule has 25 heavy (non-hydrogen) atoms. The number of benzene rings is 1. The smallest absolute Gasteiger partial charge is 0.259 e. The lowest BCUT2D eigenvalue weighted by Crippen LogP contribution is -2.41. The molecule has 0 radical (unpaired) electrons. The highest BCUT2D eigenvalue weighted by atomic mass is 127. The minimum Gasteiger partial charge on any atom is -0.346 e. The van der Waals surface area contributed by atoms with Crippen molar-refractivity contribution in [1.29, 1.82) is 0 Å². The molecule has 1 aromatic carbocycles. The molecule has 0 aromatic heterocycles. The second kappa shape index (κ2) is 9.25. The van der Waals surface area contributed by atoms with Crippen LogP contribution in [-0.4, -0.2) is 39.0 Å². The van der Waals surface area contributed by atoms with Gasteiger partial charge in [0.1, 0.15) is 0 Å². The molecule has 2 rings (SSSR count). The summed E-state index contributed by atoms with van der Waals surface area (Å²) in [6.07, 6.45) is 3.91. The number of hydrogen-bond donors (Lipinski definition) is 3. The van der Waals surface area contributed by atoms with Gasteiger partial charge >= 0.3 is 0 Å². The van der Waals surface area contributed by atoms with E-state index in [-0.39, 0.29) is 11.4 Å². The summed E-state index contributed by atoms with van der Waals surface area (Å²) in [5, 5.41) is 6.33. The minimum absolute atomic E-state index is 0.0749. The number of nitrogens with zero attached hydrogens (tertiary/aromatic N) is 1. The SMILES string of the molecule is O=C(CNS(=O)(=O)c1ccc(I)cc1)NCC(=O)NN=C1CCCC1. The lowest BCUT2D eigenvalue weighted by atomic mass is 10.3. The number of hydrogen-bond acceptors (Lipinski definition) is 5. The first-order valence-corrected chi connectivity index (χ1v) is 10.3. The quantitative estimate of drug-likeness (QED) is 0.396. The van der Waals surface area contributed by atoms with E-state index in [0.717, 1.165) is 35.0 Å². The third-order valence-electron chi connectivity index (χ3n) is 3.51. The Morgan fingerprint density at radius 3 is 2.32 bits per heavy atom. The summed E-state index contributed by atoms with van der Waals surface area (Å²) < 4.78 is 27.2. The fourth-order valence-electron chi connectivity index (χ4n) is 2.17. The zero-order chi connectivity index (χ0) is 18.3. The Kier molecular flexibility index (Phi) is 7.32. The van der Waals surface area contributed by atoms with Gasteiger partial charge in [-0.15, -0.1) is 0 Å². The van der Waals surface area contributed by atoms with Crippen LogP contribution in [-0.2, 0) is 19.6 Å². The number of hydrazone groups is 1. The topological polar surface area (TPSA) is 117 Å². The van der Waals surface area contributed by atoms with Crippen LogP contribution < -0.4 is 15.5 Å². The standard InChI is InChI=1S/C15H19IN4O4S/c16-11-5-7-13(8-6-11)25(23,24)18-10-14(21)17-9-15(22)20-19-12-3-1-2-4-12/h5-8,18H,1-4,9-10H2,(H,17,21)(H,20,22). The van der Waals surface area contributed by atoms with Gasteiger partial charge in [0.25, 0.3) is 5.91 Å². The molecule has 0 bridgehead atoms. The number of halogens is 1. The second-order valence-corrected chi connectivity index (χ2v) is 8.49. The van der Waals surface area contributed by atoms with E-state index in [1.54, 1.807) is 12.1 Å². The molecule has 0 unspecified atom stereocenters. The van der Waals surface area contributed by atoms with Gasteiger partial charge in [0.05, 0.1) is 18.0 Å². The first-order chi connectivity index (χ1) is 11.9. The highest BCUT2D eigenvalue weighted by Crippen LogP contribution is 2.13. The van der Waals surface area contributed by atoms with Crippen LogP contribution in [0, 0.1) is 3.57 Å². The summed E-state index contributed by atoms with van der Waals surface area (Å²) in [7, 11) is -3.77. The lowest BCUT2D eigenvalue weighted by molar-refractivity contribution is -0.125. The average Bonchev–Trinajstić information content (AvgIpc) is 3.10. The highest BCUT2D eigenvalue weighted by Gasteiger charge is 2.15. The van der Waals surface area contributed by atoms with E-state index in [2.05, 4.69) is 43.2 Å². The van der Waals surface area contributed by atoms with E-state index in [1.165, 1.54) is 12.1 Å². The van der Waals surface area contributed by atoms with Crippen molar-refractivity contribution in [2.45, 2.75) is 30.6 Å². The molecule has 1 fully saturated rings. The van der Waals surface area contributed by atoms with Crippen molar-refractivity contribution in [2.75, 3.05) is 13.1 Å².